The number of nitrogens with one attached hydrogen (secondary N) is 2. The van der Waals surface area contributed by atoms with Crippen LogP contribution in [0.1, 0.15) is 12.0 Å². The van der Waals surface area contributed by atoms with E-state index in [4.69, 9.17) is 0 Å². The fourth-order valence-electron chi connectivity index (χ4n) is 2.03. The maximum absolute atomic E-state index is 12.5. The van der Waals surface area contributed by atoms with Gasteiger partial charge >= 0.3 is 12.2 Å². The number of carbonyl (C=O) groups excluding carboxylic acids is 1. The van der Waals surface area contributed by atoms with Gasteiger partial charge in [0, 0.05) is 11.7 Å². The third-order valence-electron chi connectivity index (χ3n) is 3.02. The van der Waals surface area contributed by atoms with Gasteiger partial charge in [0.1, 0.15) is 0 Å². The summed E-state index contributed by atoms with van der Waals surface area (Å²) in [5, 5.41) is 4.69. The second-order valence-electron chi connectivity index (χ2n) is 4.78. The Morgan fingerprint density at radius 1 is 1.29 bits per heavy atom. The highest BCUT2D eigenvalue weighted by Gasteiger charge is 2.31. The normalized spacial score (nSPS) is 21.0. The molecule has 0 spiro atoms. The Labute approximate surface area is 119 Å². The average Bonchev–Trinajstić information content (AvgIpc) is 2.67. The monoisotopic (exact) mass is 322 g/mol. The highest BCUT2D eigenvalue weighted by atomic mass is 32.2. The maximum atomic E-state index is 12.5. The molecule has 0 unspecified atom stereocenters. The maximum Gasteiger partial charge on any atom is 0.416 e. The predicted octanol–water partition coefficient (Wildman–Crippen LogP) is 2.01. The van der Waals surface area contributed by atoms with E-state index in [-0.39, 0.29) is 17.2 Å². The number of hydrogen-bond acceptors (Lipinski definition) is 3. The van der Waals surface area contributed by atoms with Gasteiger partial charge in [-0.3, -0.25) is 0 Å². The second kappa shape index (κ2) is 5.55. The van der Waals surface area contributed by atoms with Gasteiger partial charge in [-0.1, -0.05) is 6.07 Å². The SMILES string of the molecule is O=C(Nc1cccc(C(F)(F)F)c1)N[C@@H]1CCS(=O)(=O)C1. The Hall–Kier alpha value is -1.77. The number of amides is 2. The number of sulfone groups is 1. The van der Waals surface area contributed by atoms with E-state index in [1.807, 2.05) is 0 Å². The minimum absolute atomic E-state index is 0.00149. The van der Waals surface area contributed by atoms with E-state index in [9.17, 15) is 26.4 Å². The van der Waals surface area contributed by atoms with Crippen molar-refractivity contribution in [2.45, 2.75) is 18.6 Å². The van der Waals surface area contributed by atoms with Crippen molar-refractivity contribution in [2.75, 3.05) is 16.8 Å². The number of carbonyl (C=O) groups is 1. The number of halogens is 3. The first-order chi connectivity index (χ1) is 9.66. The zero-order valence-electron chi connectivity index (χ0n) is 10.8. The van der Waals surface area contributed by atoms with Gasteiger partial charge in [0.25, 0.3) is 0 Å². The van der Waals surface area contributed by atoms with E-state index in [1.165, 1.54) is 12.1 Å². The molecule has 9 heteroatoms. The first-order valence-corrected chi connectivity index (χ1v) is 7.93. The van der Waals surface area contributed by atoms with Crippen LogP contribution in [0.25, 0.3) is 0 Å². The molecule has 0 saturated carbocycles. The molecule has 1 fully saturated rings. The lowest BCUT2D eigenvalue weighted by molar-refractivity contribution is -0.137. The lowest BCUT2D eigenvalue weighted by Crippen LogP contribution is -2.38. The summed E-state index contributed by atoms with van der Waals surface area (Å²) in [7, 11) is -3.13. The Bertz CT molecular complexity index is 643. The van der Waals surface area contributed by atoms with Gasteiger partial charge in [-0.2, -0.15) is 13.2 Å². The summed E-state index contributed by atoms with van der Waals surface area (Å²) in [5.41, 5.74) is -0.882. The molecular weight excluding hydrogens is 309 g/mol. The molecule has 0 aromatic heterocycles. The van der Waals surface area contributed by atoms with Crippen molar-refractivity contribution < 1.29 is 26.4 Å². The number of anilines is 1. The molecule has 21 heavy (non-hydrogen) atoms. The number of benzene rings is 1. The number of rotatable bonds is 2. The van der Waals surface area contributed by atoms with Crippen LogP contribution in [0.15, 0.2) is 24.3 Å². The number of hydrogen-bond donors (Lipinski definition) is 2. The lowest BCUT2D eigenvalue weighted by Gasteiger charge is -2.13. The van der Waals surface area contributed by atoms with Crippen LogP contribution < -0.4 is 10.6 Å². The highest BCUT2D eigenvalue weighted by molar-refractivity contribution is 7.91. The molecule has 1 atom stereocenters. The predicted molar refractivity (Wildman–Crippen MR) is 70.7 cm³/mol. The summed E-state index contributed by atoms with van der Waals surface area (Å²) in [6.07, 6.45) is -4.19. The zero-order valence-corrected chi connectivity index (χ0v) is 11.6. The second-order valence-corrected chi connectivity index (χ2v) is 7.01. The summed E-state index contributed by atoms with van der Waals surface area (Å²) in [6.45, 7) is 0. The molecule has 0 aliphatic carbocycles. The van der Waals surface area contributed by atoms with E-state index < -0.39 is 33.6 Å². The summed E-state index contributed by atoms with van der Waals surface area (Å²) in [4.78, 5) is 11.6. The van der Waals surface area contributed by atoms with Crippen LogP contribution in [-0.4, -0.2) is 32.0 Å². The smallest absolute Gasteiger partial charge is 0.334 e. The Balaban J connectivity index is 1.97. The molecule has 2 rings (SSSR count). The topological polar surface area (TPSA) is 75.3 Å². The van der Waals surface area contributed by atoms with Gasteiger partial charge in [-0.05, 0) is 24.6 Å². The van der Waals surface area contributed by atoms with Crippen LogP contribution >= 0.6 is 0 Å². The summed E-state index contributed by atoms with van der Waals surface area (Å²) in [5.74, 6) is -0.148. The molecule has 0 radical (unpaired) electrons. The number of alkyl halides is 3. The van der Waals surface area contributed by atoms with E-state index in [1.54, 1.807) is 0 Å². The first-order valence-electron chi connectivity index (χ1n) is 6.11. The quantitative estimate of drug-likeness (QED) is 0.874. The van der Waals surface area contributed by atoms with Crippen LogP contribution in [0.5, 0.6) is 0 Å². The molecule has 1 aromatic carbocycles. The van der Waals surface area contributed by atoms with E-state index >= 15 is 0 Å². The Kier molecular flexibility index (Phi) is 4.13. The lowest BCUT2D eigenvalue weighted by atomic mass is 10.2. The van der Waals surface area contributed by atoms with Crippen LogP contribution in [0.3, 0.4) is 0 Å². The molecule has 0 bridgehead atoms. The van der Waals surface area contributed by atoms with E-state index in [0.717, 1.165) is 12.1 Å². The Morgan fingerprint density at radius 2 is 2.00 bits per heavy atom. The van der Waals surface area contributed by atoms with Crippen LogP contribution in [0, 0.1) is 0 Å². The van der Waals surface area contributed by atoms with Gasteiger partial charge in [0.05, 0.1) is 17.1 Å². The van der Waals surface area contributed by atoms with Crippen molar-refractivity contribution in [1.82, 2.24) is 5.32 Å². The van der Waals surface area contributed by atoms with E-state index in [0.29, 0.717) is 6.42 Å². The molecule has 1 saturated heterocycles. The minimum Gasteiger partial charge on any atom is -0.334 e. The summed E-state index contributed by atoms with van der Waals surface area (Å²) >= 11 is 0. The molecule has 2 N–H and O–H groups in total. The Morgan fingerprint density at radius 3 is 2.57 bits per heavy atom. The third-order valence-corrected chi connectivity index (χ3v) is 4.78. The minimum atomic E-state index is -4.49. The largest absolute Gasteiger partial charge is 0.416 e. The molecular formula is C12H13F3N2O3S. The van der Waals surface area contributed by atoms with Crippen LogP contribution in [0.2, 0.25) is 0 Å². The van der Waals surface area contributed by atoms with Gasteiger partial charge in [0.2, 0.25) is 0 Å². The average molecular weight is 322 g/mol. The number of urea groups is 1. The van der Waals surface area contributed by atoms with Gasteiger partial charge in [0.15, 0.2) is 9.84 Å². The van der Waals surface area contributed by atoms with Gasteiger partial charge in [-0.25, -0.2) is 13.2 Å². The molecule has 1 aromatic rings. The van der Waals surface area contributed by atoms with Crippen molar-refractivity contribution in [1.29, 1.82) is 0 Å². The van der Waals surface area contributed by atoms with Crippen LogP contribution in [-0.2, 0) is 16.0 Å². The fourth-order valence-corrected chi connectivity index (χ4v) is 3.71. The van der Waals surface area contributed by atoms with Crippen molar-refractivity contribution >= 4 is 21.6 Å². The molecule has 1 aliphatic heterocycles. The van der Waals surface area contributed by atoms with Crippen molar-refractivity contribution in [2.24, 2.45) is 0 Å². The van der Waals surface area contributed by atoms with Crippen molar-refractivity contribution in [3.63, 3.8) is 0 Å². The molecule has 1 heterocycles. The van der Waals surface area contributed by atoms with Gasteiger partial charge in [-0.15, -0.1) is 0 Å². The van der Waals surface area contributed by atoms with Crippen LogP contribution in [0.4, 0.5) is 23.7 Å². The highest BCUT2D eigenvalue weighted by Crippen LogP contribution is 2.30. The zero-order chi connectivity index (χ0) is 15.7. The standard InChI is InChI=1S/C12H13F3N2O3S/c13-12(14,15)8-2-1-3-9(6-8)16-11(18)17-10-4-5-21(19,20)7-10/h1-3,6,10H,4-5,7H2,(H2,16,17,18)/t10-/m1/s1. The molecule has 5 nitrogen and oxygen atoms in total. The van der Waals surface area contributed by atoms with Crippen molar-refractivity contribution in [3.05, 3.63) is 29.8 Å². The third kappa shape index (κ3) is 4.35. The summed E-state index contributed by atoms with van der Waals surface area (Å²) in [6, 6.07) is 2.97. The van der Waals surface area contributed by atoms with Crippen molar-refractivity contribution in [3.8, 4) is 0 Å². The summed E-state index contributed by atoms with van der Waals surface area (Å²) < 4.78 is 60.0. The van der Waals surface area contributed by atoms with Gasteiger partial charge < -0.3 is 10.6 Å². The van der Waals surface area contributed by atoms with E-state index in [2.05, 4.69) is 10.6 Å². The molecule has 116 valence electrons. The fraction of sp³-hybridized carbons (Fsp3) is 0.417. The first kappa shape index (κ1) is 15.6. The molecule has 2 amide bonds. The molecule has 1 aliphatic rings.